The van der Waals surface area contributed by atoms with Gasteiger partial charge in [-0.05, 0) is 17.7 Å². The van der Waals surface area contributed by atoms with Crippen LogP contribution in [0, 0.1) is 11.8 Å². The van der Waals surface area contributed by atoms with Crippen molar-refractivity contribution in [3.8, 4) is 17.2 Å². The largest absolute Gasteiger partial charge is 0.493 e. The third-order valence-corrected chi connectivity index (χ3v) is 5.98. The monoisotopic (exact) mass is 442 g/mol. The normalized spacial score (nSPS) is 37.3. The molecule has 11 nitrogen and oxygen atoms in total. The summed E-state index contributed by atoms with van der Waals surface area (Å²) in [5.74, 6) is -0.140. The number of hydrogen-bond donors (Lipinski definition) is 4. The molecule has 11 heteroatoms. The van der Waals surface area contributed by atoms with Gasteiger partial charge in [-0.2, -0.15) is 0 Å². The number of carbonyl (C=O) groups excluding carboxylic acids is 1. The molecule has 0 aliphatic carbocycles. The van der Waals surface area contributed by atoms with Gasteiger partial charge in [-0.15, -0.1) is 0 Å². The highest BCUT2D eigenvalue weighted by Gasteiger charge is 2.49. The van der Waals surface area contributed by atoms with E-state index in [0.29, 0.717) is 5.56 Å². The first-order valence-corrected chi connectivity index (χ1v) is 9.90. The van der Waals surface area contributed by atoms with Crippen LogP contribution in [-0.4, -0.2) is 91.1 Å². The number of carbonyl (C=O) groups is 1. The number of fused-ring (bicyclic) bond motifs is 1. The highest BCUT2D eigenvalue weighted by molar-refractivity contribution is 5.75. The highest BCUT2D eigenvalue weighted by atomic mass is 16.7. The van der Waals surface area contributed by atoms with Gasteiger partial charge in [-0.3, -0.25) is 4.79 Å². The summed E-state index contributed by atoms with van der Waals surface area (Å²) in [6.45, 7) is -0.0514. The zero-order chi connectivity index (χ0) is 22.3. The van der Waals surface area contributed by atoms with Gasteiger partial charge in [0.1, 0.15) is 24.4 Å². The number of ether oxygens (including phenoxy) is 6. The van der Waals surface area contributed by atoms with Gasteiger partial charge >= 0.3 is 5.97 Å². The van der Waals surface area contributed by atoms with Crippen molar-refractivity contribution in [1.82, 2.24) is 0 Å². The van der Waals surface area contributed by atoms with Gasteiger partial charge in [0.05, 0.1) is 46.1 Å². The number of esters is 1. The SMILES string of the molecule is COc1cc(C2OCC3C(=O)OCC32)cc(OC)c1O[C@@H]1O[C@H](CO)[C@@H](O)[C@H](O)[C@H]1O. The molecule has 3 saturated heterocycles. The minimum atomic E-state index is -1.59. The summed E-state index contributed by atoms with van der Waals surface area (Å²) in [5.41, 5.74) is 0.695. The zero-order valence-corrected chi connectivity index (χ0v) is 17.0. The van der Waals surface area contributed by atoms with E-state index in [1.54, 1.807) is 12.1 Å². The van der Waals surface area contributed by atoms with Gasteiger partial charge in [0.15, 0.2) is 11.5 Å². The van der Waals surface area contributed by atoms with Gasteiger partial charge in [0.25, 0.3) is 0 Å². The van der Waals surface area contributed by atoms with Crippen LogP contribution < -0.4 is 14.2 Å². The molecule has 3 aliphatic rings. The van der Waals surface area contributed by atoms with Crippen molar-refractivity contribution in [2.45, 2.75) is 36.8 Å². The Morgan fingerprint density at radius 3 is 2.32 bits per heavy atom. The van der Waals surface area contributed by atoms with Crippen LogP contribution in [0.4, 0.5) is 0 Å². The van der Waals surface area contributed by atoms with Gasteiger partial charge in [-0.1, -0.05) is 0 Å². The number of aliphatic hydroxyl groups is 4. The minimum absolute atomic E-state index is 0.0892. The Morgan fingerprint density at radius 2 is 1.71 bits per heavy atom. The molecule has 0 radical (unpaired) electrons. The van der Waals surface area contributed by atoms with Gasteiger partial charge < -0.3 is 48.8 Å². The topological polar surface area (TPSA) is 153 Å². The highest BCUT2D eigenvalue weighted by Crippen LogP contribution is 2.47. The Labute approximate surface area is 178 Å². The molecule has 172 valence electrons. The van der Waals surface area contributed by atoms with Gasteiger partial charge in [-0.25, -0.2) is 0 Å². The predicted molar refractivity (Wildman–Crippen MR) is 101 cm³/mol. The molecular formula is C20H26O11. The van der Waals surface area contributed by atoms with Crippen LogP contribution in [0.5, 0.6) is 17.2 Å². The van der Waals surface area contributed by atoms with E-state index in [2.05, 4.69) is 0 Å². The molecule has 1 aromatic rings. The summed E-state index contributed by atoms with van der Waals surface area (Å²) in [6.07, 6.45) is -7.61. The van der Waals surface area contributed by atoms with Crippen molar-refractivity contribution in [2.75, 3.05) is 34.0 Å². The summed E-state index contributed by atoms with van der Waals surface area (Å²) in [4.78, 5) is 11.8. The summed E-state index contributed by atoms with van der Waals surface area (Å²) in [5, 5.41) is 39.6. The number of aliphatic hydroxyl groups excluding tert-OH is 4. The molecule has 1 aromatic carbocycles. The molecule has 0 amide bonds. The summed E-state index contributed by atoms with van der Waals surface area (Å²) < 4.78 is 33.0. The first-order valence-electron chi connectivity index (χ1n) is 9.90. The van der Waals surface area contributed by atoms with E-state index in [0.717, 1.165) is 0 Å². The lowest BCUT2D eigenvalue weighted by Crippen LogP contribution is -2.60. The van der Waals surface area contributed by atoms with Crippen LogP contribution in [0.25, 0.3) is 0 Å². The number of hydrogen-bond acceptors (Lipinski definition) is 11. The van der Waals surface area contributed by atoms with E-state index in [1.807, 2.05) is 0 Å². The van der Waals surface area contributed by atoms with Crippen LogP contribution in [-0.2, 0) is 19.0 Å². The average molecular weight is 442 g/mol. The predicted octanol–water partition coefficient (Wildman–Crippen LogP) is -1.26. The van der Waals surface area contributed by atoms with E-state index in [1.165, 1.54) is 14.2 Å². The standard InChI is InChI=1S/C20H26O11/c1-26-11-3-8(17-9-6-29-19(25)10(9)7-28-17)4-12(27-2)18(11)31-20-16(24)15(23)14(22)13(5-21)30-20/h3-4,9-10,13-17,20-24H,5-7H2,1-2H3/t9?,10?,13-,14-,15+,16-,17?,20+/m1/s1. The second kappa shape index (κ2) is 8.77. The maximum absolute atomic E-state index is 11.8. The quantitative estimate of drug-likeness (QED) is 0.391. The van der Waals surface area contributed by atoms with E-state index in [4.69, 9.17) is 28.4 Å². The number of rotatable bonds is 6. The molecule has 31 heavy (non-hydrogen) atoms. The van der Waals surface area contributed by atoms with E-state index < -0.39 is 43.4 Å². The molecule has 0 aromatic heterocycles. The fourth-order valence-electron chi connectivity index (χ4n) is 4.20. The second-order valence-electron chi connectivity index (χ2n) is 7.72. The zero-order valence-electron chi connectivity index (χ0n) is 17.0. The van der Waals surface area contributed by atoms with Crippen LogP contribution in [0.15, 0.2) is 12.1 Å². The van der Waals surface area contributed by atoms with Crippen molar-refractivity contribution < 1.29 is 53.6 Å². The molecule has 8 atom stereocenters. The van der Waals surface area contributed by atoms with Crippen molar-refractivity contribution in [3.63, 3.8) is 0 Å². The van der Waals surface area contributed by atoms with Crippen LogP contribution in [0.1, 0.15) is 11.7 Å². The van der Waals surface area contributed by atoms with Crippen molar-refractivity contribution >= 4 is 5.97 Å². The van der Waals surface area contributed by atoms with E-state index in [-0.39, 0.29) is 48.3 Å². The molecule has 4 rings (SSSR count). The molecule has 4 N–H and O–H groups in total. The minimum Gasteiger partial charge on any atom is -0.493 e. The van der Waals surface area contributed by atoms with Crippen molar-refractivity contribution in [3.05, 3.63) is 17.7 Å². The molecule has 3 heterocycles. The lowest BCUT2D eigenvalue weighted by atomic mass is 9.90. The maximum Gasteiger partial charge on any atom is 0.311 e. The lowest BCUT2D eigenvalue weighted by Gasteiger charge is -2.39. The van der Waals surface area contributed by atoms with Gasteiger partial charge in [0.2, 0.25) is 12.0 Å². The molecule has 3 unspecified atom stereocenters. The Bertz CT molecular complexity index is 787. The van der Waals surface area contributed by atoms with Gasteiger partial charge in [0, 0.05) is 5.92 Å². The lowest BCUT2D eigenvalue weighted by molar-refractivity contribution is -0.277. The smallest absolute Gasteiger partial charge is 0.311 e. The first kappa shape index (κ1) is 22.1. The second-order valence-corrected chi connectivity index (χ2v) is 7.72. The molecule has 3 fully saturated rings. The molecule has 0 bridgehead atoms. The summed E-state index contributed by atoms with van der Waals surface area (Å²) >= 11 is 0. The average Bonchev–Trinajstić information content (AvgIpc) is 3.36. The first-order chi connectivity index (χ1) is 14.9. The molecule has 0 saturated carbocycles. The Morgan fingerprint density at radius 1 is 1.03 bits per heavy atom. The third-order valence-electron chi connectivity index (χ3n) is 5.98. The molecular weight excluding hydrogens is 416 g/mol. The fourth-order valence-corrected chi connectivity index (χ4v) is 4.20. The van der Waals surface area contributed by atoms with Crippen molar-refractivity contribution in [1.29, 1.82) is 0 Å². The van der Waals surface area contributed by atoms with Crippen LogP contribution in [0.3, 0.4) is 0 Å². The maximum atomic E-state index is 11.8. The summed E-state index contributed by atoms with van der Waals surface area (Å²) in [6, 6.07) is 3.33. The summed E-state index contributed by atoms with van der Waals surface area (Å²) in [7, 11) is 2.83. The van der Waals surface area contributed by atoms with Crippen molar-refractivity contribution in [2.24, 2.45) is 11.8 Å². The number of cyclic esters (lactones) is 1. The van der Waals surface area contributed by atoms with Crippen LogP contribution >= 0.6 is 0 Å². The Balaban J connectivity index is 1.62. The Hall–Kier alpha value is -2.15. The third kappa shape index (κ3) is 3.81. The Kier molecular flexibility index (Phi) is 6.24. The fraction of sp³-hybridized carbons (Fsp3) is 0.650. The van der Waals surface area contributed by atoms with Crippen LogP contribution in [0.2, 0.25) is 0 Å². The molecule has 3 aliphatic heterocycles. The molecule has 0 spiro atoms. The van der Waals surface area contributed by atoms with E-state index in [9.17, 15) is 25.2 Å². The van der Waals surface area contributed by atoms with E-state index >= 15 is 0 Å². The number of benzene rings is 1. The number of methoxy groups -OCH3 is 2.